The van der Waals surface area contributed by atoms with Gasteiger partial charge in [0.15, 0.2) is 6.10 Å². The number of ether oxygens (including phenoxy) is 1. The first-order valence-electron chi connectivity index (χ1n) is 8.85. The molecule has 3 aromatic rings. The maximum absolute atomic E-state index is 13.0. The summed E-state index contributed by atoms with van der Waals surface area (Å²) in [6, 6.07) is 8.43. The lowest BCUT2D eigenvalue weighted by atomic mass is 10.2. The van der Waals surface area contributed by atoms with Crippen molar-refractivity contribution in [2.75, 3.05) is 0 Å². The van der Waals surface area contributed by atoms with Crippen LogP contribution in [0.3, 0.4) is 0 Å². The highest BCUT2D eigenvalue weighted by atomic mass is 79.9. The number of carboxylic acids is 1. The van der Waals surface area contributed by atoms with Crippen molar-refractivity contribution in [2.45, 2.75) is 26.4 Å². The number of nitrogens with zero attached hydrogens (tertiary/aromatic N) is 3. The molecule has 0 aliphatic rings. The fraction of sp³-hybridized carbons (Fsp3) is 0.200. The molecule has 0 aliphatic heterocycles. The average molecular weight is 558 g/mol. The Hall–Kier alpha value is -2.23. The number of hydrogen-bond donors (Lipinski definition) is 1. The van der Waals surface area contributed by atoms with Gasteiger partial charge in [-0.1, -0.05) is 34.5 Å². The van der Waals surface area contributed by atoms with Gasteiger partial charge < -0.3 is 9.84 Å². The van der Waals surface area contributed by atoms with Crippen LogP contribution in [0.5, 0.6) is 5.75 Å². The summed E-state index contributed by atoms with van der Waals surface area (Å²) in [7, 11) is 0. The molecule has 156 valence electrons. The molecule has 0 radical (unpaired) electrons. The Kier molecular flexibility index (Phi) is 6.95. The van der Waals surface area contributed by atoms with E-state index < -0.39 is 12.1 Å². The number of aromatic nitrogens is 2. The summed E-state index contributed by atoms with van der Waals surface area (Å²) in [4.78, 5) is 28.7. The molecule has 0 saturated carbocycles. The number of fused-ring (bicyclic) bond motifs is 1. The van der Waals surface area contributed by atoms with E-state index in [1.165, 1.54) is 17.8 Å². The number of rotatable bonds is 6. The molecule has 0 unspecified atom stereocenters. The van der Waals surface area contributed by atoms with E-state index in [9.17, 15) is 9.59 Å². The van der Waals surface area contributed by atoms with E-state index in [1.807, 2.05) is 13.0 Å². The molecule has 0 bridgehead atoms. The molecule has 3 rings (SSSR count). The number of hydrogen-bond acceptors (Lipinski definition) is 5. The maximum atomic E-state index is 13.0. The molecule has 1 atom stereocenters. The number of aliphatic carboxylic acids is 1. The number of carbonyl (C=O) groups is 1. The Bertz CT molecular complexity index is 1230. The van der Waals surface area contributed by atoms with Crippen LogP contribution in [-0.4, -0.2) is 33.1 Å². The van der Waals surface area contributed by atoms with Gasteiger partial charge in [0.05, 0.1) is 21.6 Å². The summed E-state index contributed by atoms with van der Waals surface area (Å²) in [5, 5.41) is 14.3. The average Bonchev–Trinajstić information content (AvgIpc) is 2.69. The predicted octanol–water partition coefficient (Wildman–Crippen LogP) is 4.87. The monoisotopic (exact) mass is 555 g/mol. The minimum Gasteiger partial charge on any atom is -0.479 e. The van der Waals surface area contributed by atoms with Gasteiger partial charge in [-0.2, -0.15) is 9.78 Å². The Morgan fingerprint density at radius 2 is 2.10 bits per heavy atom. The van der Waals surface area contributed by atoms with Gasteiger partial charge in [0.2, 0.25) is 0 Å². The molecule has 1 aromatic heterocycles. The van der Waals surface area contributed by atoms with Crippen LogP contribution in [0.4, 0.5) is 0 Å². The van der Waals surface area contributed by atoms with Crippen LogP contribution < -0.4 is 10.3 Å². The number of benzene rings is 2. The SMILES string of the molecule is CCc1nc2ccc(Br)cc2c(=O)n1N=Cc1cc(Cl)cc(Br)c1O[C@H](C)C(=O)O. The first kappa shape index (κ1) is 22.5. The van der Waals surface area contributed by atoms with Gasteiger partial charge in [-0.25, -0.2) is 9.78 Å². The fourth-order valence-electron chi connectivity index (χ4n) is 2.69. The second kappa shape index (κ2) is 9.28. The zero-order valence-electron chi connectivity index (χ0n) is 15.9. The summed E-state index contributed by atoms with van der Waals surface area (Å²) in [6.07, 6.45) is 0.785. The molecule has 7 nitrogen and oxygen atoms in total. The van der Waals surface area contributed by atoms with Gasteiger partial charge in [-0.05, 0) is 53.2 Å². The summed E-state index contributed by atoms with van der Waals surface area (Å²) >= 11 is 12.8. The van der Waals surface area contributed by atoms with E-state index in [0.29, 0.717) is 38.2 Å². The third kappa shape index (κ3) is 4.74. The molecule has 30 heavy (non-hydrogen) atoms. The topological polar surface area (TPSA) is 93.8 Å². The minimum atomic E-state index is -1.12. The first-order valence-corrected chi connectivity index (χ1v) is 10.8. The largest absolute Gasteiger partial charge is 0.479 e. The molecular weight excluding hydrogens is 541 g/mol. The van der Waals surface area contributed by atoms with Crippen molar-refractivity contribution in [3.63, 3.8) is 0 Å². The van der Waals surface area contributed by atoms with Crippen LogP contribution in [0.25, 0.3) is 10.9 Å². The molecule has 0 fully saturated rings. The van der Waals surface area contributed by atoms with E-state index in [2.05, 4.69) is 41.9 Å². The summed E-state index contributed by atoms with van der Waals surface area (Å²) < 4.78 is 7.99. The zero-order valence-corrected chi connectivity index (χ0v) is 19.8. The van der Waals surface area contributed by atoms with Crippen LogP contribution in [0.15, 0.2) is 49.2 Å². The minimum absolute atomic E-state index is 0.251. The molecule has 0 amide bonds. The number of carboxylic acid groups (broad SMARTS) is 1. The van der Waals surface area contributed by atoms with E-state index in [0.717, 1.165) is 4.47 Å². The summed E-state index contributed by atoms with van der Waals surface area (Å²) in [6.45, 7) is 3.28. The van der Waals surface area contributed by atoms with Gasteiger partial charge in [-0.3, -0.25) is 4.79 Å². The highest BCUT2D eigenvalue weighted by Gasteiger charge is 2.18. The van der Waals surface area contributed by atoms with E-state index in [1.54, 1.807) is 24.3 Å². The van der Waals surface area contributed by atoms with Crippen LogP contribution in [0.1, 0.15) is 25.2 Å². The van der Waals surface area contributed by atoms with E-state index in [4.69, 9.17) is 21.4 Å². The van der Waals surface area contributed by atoms with Gasteiger partial charge in [-0.15, -0.1) is 0 Å². The first-order chi connectivity index (χ1) is 14.2. The van der Waals surface area contributed by atoms with E-state index >= 15 is 0 Å². The van der Waals surface area contributed by atoms with Crippen molar-refractivity contribution in [3.8, 4) is 5.75 Å². The molecule has 1 N–H and O–H groups in total. The highest BCUT2D eigenvalue weighted by Crippen LogP contribution is 2.32. The summed E-state index contributed by atoms with van der Waals surface area (Å²) in [5.74, 6) is -0.386. The Morgan fingerprint density at radius 3 is 2.77 bits per heavy atom. The smallest absolute Gasteiger partial charge is 0.344 e. The van der Waals surface area contributed by atoms with Crippen LogP contribution >= 0.6 is 43.5 Å². The molecule has 0 spiro atoms. The zero-order chi connectivity index (χ0) is 22.0. The normalized spacial score (nSPS) is 12.4. The molecule has 0 saturated heterocycles. The van der Waals surface area contributed by atoms with Crippen molar-refractivity contribution in [3.05, 3.63) is 66.0 Å². The van der Waals surface area contributed by atoms with Crippen molar-refractivity contribution >= 4 is 66.5 Å². The van der Waals surface area contributed by atoms with Crippen molar-refractivity contribution in [1.82, 2.24) is 9.66 Å². The lowest BCUT2D eigenvalue weighted by Crippen LogP contribution is -2.24. The van der Waals surface area contributed by atoms with Crippen LogP contribution in [0.2, 0.25) is 5.02 Å². The Balaban J connectivity index is 2.14. The second-order valence-corrected chi connectivity index (χ2v) is 8.52. The van der Waals surface area contributed by atoms with Gasteiger partial charge >= 0.3 is 5.97 Å². The predicted molar refractivity (Wildman–Crippen MR) is 123 cm³/mol. The van der Waals surface area contributed by atoms with Gasteiger partial charge in [0.25, 0.3) is 5.56 Å². The standard InChI is InChI=1S/C20H16Br2ClN3O4/c1-3-17-25-16-5-4-12(21)7-14(16)19(27)26(17)24-9-11-6-13(23)8-15(22)18(11)30-10(2)20(28)29/h4-10H,3H2,1-2H3,(H,28,29)/t10-/m1/s1. The maximum Gasteiger partial charge on any atom is 0.344 e. The lowest BCUT2D eigenvalue weighted by Gasteiger charge is -2.15. The number of aryl methyl sites for hydroxylation is 1. The van der Waals surface area contributed by atoms with Crippen molar-refractivity contribution in [1.29, 1.82) is 0 Å². The Morgan fingerprint density at radius 1 is 1.37 bits per heavy atom. The van der Waals surface area contributed by atoms with Gasteiger partial charge in [0, 0.05) is 21.5 Å². The van der Waals surface area contributed by atoms with Crippen molar-refractivity contribution in [2.24, 2.45) is 5.10 Å². The number of halogens is 3. The summed E-state index contributed by atoms with van der Waals surface area (Å²) in [5.41, 5.74) is 0.666. The quantitative estimate of drug-likeness (QED) is 0.437. The molecule has 0 aliphatic carbocycles. The third-order valence-corrected chi connectivity index (χ3v) is 5.48. The molecule has 1 heterocycles. The van der Waals surface area contributed by atoms with Crippen molar-refractivity contribution < 1.29 is 14.6 Å². The highest BCUT2D eigenvalue weighted by molar-refractivity contribution is 9.10. The molecule has 2 aromatic carbocycles. The Labute approximate surface area is 193 Å². The molecular formula is C20H16Br2ClN3O4. The third-order valence-electron chi connectivity index (χ3n) is 4.18. The van der Waals surface area contributed by atoms with Gasteiger partial charge in [0.1, 0.15) is 11.6 Å². The molecule has 10 heteroatoms. The van der Waals surface area contributed by atoms with E-state index in [-0.39, 0.29) is 11.3 Å². The van der Waals surface area contributed by atoms with Crippen LogP contribution in [0, 0.1) is 0 Å². The fourth-order valence-corrected chi connectivity index (χ4v) is 3.98. The second-order valence-electron chi connectivity index (χ2n) is 6.31. The van der Waals surface area contributed by atoms with Crippen LogP contribution in [-0.2, 0) is 11.2 Å². The lowest BCUT2D eigenvalue weighted by molar-refractivity contribution is -0.144.